The van der Waals surface area contributed by atoms with Crippen molar-refractivity contribution in [2.24, 2.45) is 11.5 Å². The molecule has 0 bridgehead atoms. The molecule has 0 fully saturated rings. The van der Waals surface area contributed by atoms with Crippen molar-refractivity contribution in [2.75, 3.05) is 19.7 Å². The Morgan fingerprint density at radius 3 is 2.65 bits per heavy atom. The predicted molar refractivity (Wildman–Crippen MR) is 84.1 cm³/mol. The second-order valence-corrected chi connectivity index (χ2v) is 5.11. The van der Waals surface area contributed by atoms with E-state index in [0.717, 1.165) is 43.7 Å². The summed E-state index contributed by atoms with van der Waals surface area (Å²) in [6.45, 7) is 2.22. The quantitative estimate of drug-likeness (QED) is 0.615. The number of unbranched alkanes of at least 4 members (excludes halogenated alkanes) is 3. The van der Waals surface area contributed by atoms with Gasteiger partial charge in [-0.1, -0.05) is 12.8 Å². The molecule has 0 saturated carbocycles. The van der Waals surface area contributed by atoms with Gasteiger partial charge >= 0.3 is 0 Å². The van der Waals surface area contributed by atoms with Gasteiger partial charge in [0.05, 0.1) is 6.61 Å². The molecule has 0 aliphatic rings. The molecule has 4 nitrogen and oxygen atoms in total. The molecular formula is C16H25N3O. The zero-order valence-corrected chi connectivity index (χ0v) is 12.0. The molecule has 5 N–H and O–H groups in total. The van der Waals surface area contributed by atoms with Gasteiger partial charge in [-0.15, -0.1) is 0 Å². The average Bonchev–Trinajstić information content (AvgIpc) is 2.86. The molecule has 0 unspecified atom stereocenters. The van der Waals surface area contributed by atoms with E-state index in [0.29, 0.717) is 6.54 Å². The van der Waals surface area contributed by atoms with Crippen molar-refractivity contribution in [3.63, 3.8) is 0 Å². The van der Waals surface area contributed by atoms with E-state index < -0.39 is 0 Å². The van der Waals surface area contributed by atoms with Gasteiger partial charge in [0.1, 0.15) is 5.75 Å². The van der Waals surface area contributed by atoms with Gasteiger partial charge in [-0.25, -0.2) is 0 Å². The van der Waals surface area contributed by atoms with Gasteiger partial charge in [-0.05, 0) is 56.1 Å². The molecule has 0 radical (unpaired) electrons. The van der Waals surface area contributed by atoms with Crippen LogP contribution in [0.5, 0.6) is 5.75 Å². The summed E-state index contributed by atoms with van der Waals surface area (Å²) in [6, 6.07) is 6.20. The Labute approximate surface area is 120 Å². The summed E-state index contributed by atoms with van der Waals surface area (Å²) in [7, 11) is 0. The standard InChI is InChI=1S/C16H25N3O/c17-8-3-1-2-4-10-20-14-5-6-16-15(11-14)13(7-9-18)12-19-16/h5-6,11-12,19H,1-4,7-10,17-18H2. The van der Waals surface area contributed by atoms with E-state index in [-0.39, 0.29) is 0 Å². The molecule has 1 aromatic heterocycles. The Morgan fingerprint density at radius 2 is 1.85 bits per heavy atom. The molecule has 0 atom stereocenters. The van der Waals surface area contributed by atoms with Crippen molar-refractivity contribution in [1.29, 1.82) is 0 Å². The summed E-state index contributed by atoms with van der Waals surface area (Å²) in [5, 5.41) is 1.22. The van der Waals surface area contributed by atoms with E-state index in [1.807, 2.05) is 12.3 Å². The van der Waals surface area contributed by atoms with E-state index >= 15 is 0 Å². The number of aromatic amines is 1. The van der Waals surface area contributed by atoms with Crippen LogP contribution < -0.4 is 16.2 Å². The second-order valence-electron chi connectivity index (χ2n) is 5.11. The molecular weight excluding hydrogens is 250 g/mol. The summed E-state index contributed by atoms with van der Waals surface area (Å²) in [6.07, 6.45) is 7.49. The lowest BCUT2D eigenvalue weighted by atomic mass is 10.1. The third kappa shape index (κ3) is 3.99. The van der Waals surface area contributed by atoms with Crippen LogP contribution in [0.1, 0.15) is 31.2 Å². The maximum absolute atomic E-state index is 5.82. The topological polar surface area (TPSA) is 77.1 Å². The van der Waals surface area contributed by atoms with Gasteiger partial charge in [0, 0.05) is 17.1 Å². The Hall–Kier alpha value is -1.52. The number of nitrogens with two attached hydrogens (primary N) is 2. The van der Waals surface area contributed by atoms with Crippen molar-refractivity contribution in [3.05, 3.63) is 30.0 Å². The van der Waals surface area contributed by atoms with Crippen molar-refractivity contribution < 1.29 is 4.74 Å². The highest BCUT2D eigenvalue weighted by atomic mass is 16.5. The first kappa shape index (κ1) is 14.9. The summed E-state index contributed by atoms with van der Waals surface area (Å²) in [5.41, 5.74) is 13.5. The Balaban J connectivity index is 1.88. The van der Waals surface area contributed by atoms with Crippen LogP contribution in [0.25, 0.3) is 10.9 Å². The van der Waals surface area contributed by atoms with Gasteiger partial charge in [0.2, 0.25) is 0 Å². The van der Waals surface area contributed by atoms with Crippen LogP contribution in [0.3, 0.4) is 0 Å². The van der Waals surface area contributed by atoms with Crippen LogP contribution in [-0.4, -0.2) is 24.7 Å². The normalized spacial score (nSPS) is 11.1. The molecule has 1 aromatic carbocycles. The molecule has 0 saturated heterocycles. The summed E-state index contributed by atoms with van der Waals surface area (Å²) in [4.78, 5) is 3.27. The number of ether oxygens (including phenoxy) is 1. The van der Waals surface area contributed by atoms with Crippen LogP contribution in [0, 0.1) is 0 Å². The van der Waals surface area contributed by atoms with E-state index in [2.05, 4.69) is 17.1 Å². The van der Waals surface area contributed by atoms with Crippen LogP contribution in [0.4, 0.5) is 0 Å². The molecule has 0 aliphatic carbocycles. The molecule has 20 heavy (non-hydrogen) atoms. The van der Waals surface area contributed by atoms with Gasteiger partial charge in [0.25, 0.3) is 0 Å². The monoisotopic (exact) mass is 275 g/mol. The highest BCUT2D eigenvalue weighted by molar-refractivity contribution is 5.84. The molecule has 0 amide bonds. The first-order valence-electron chi connectivity index (χ1n) is 7.48. The van der Waals surface area contributed by atoms with Crippen LogP contribution in [-0.2, 0) is 6.42 Å². The first-order chi connectivity index (χ1) is 9.85. The lowest BCUT2D eigenvalue weighted by Gasteiger charge is -2.06. The van der Waals surface area contributed by atoms with Gasteiger partial charge in [-0.3, -0.25) is 0 Å². The fourth-order valence-electron chi connectivity index (χ4n) is 2.40. The molecule has 2 rings (SSSR count). The van der Waals surface area contributed by atoms with Gasteiger partial charge < -0.3 is 21.2 Å². The average molecular weight is 275 g/mol. The molecule has 110 valence electrons. The van der Waals surface area contributed by atoms with E-state index in [9.17, 15) is 0 Å². The van der Waals surface area contributed by atoms with Crippen molar-refractivity contribution in [1.82, 2.24) is 4.98 Å². The number of aromatic nitrogens is 1. The second kappa shape index (κ2) is 7.92. The number of rotatable bonds is 9. The minimum Gasteiger partial charge on any atom is -0.494 e. The summed E-state index contributed by atoms with van der Waals surface area (Å²) in [5.74, 6) is 0.939. The summed E-state index contributed by atoms with van der Waals surface area (Å²) >= 11 is 0. The minimum atomic E-state index is 0.666. The largest absolute Gasteiger partial charge is 0.494 e. The number of hydrogen-bond acceptors (Lipinski definition) is 3. The van der Waals surface area contributed by atoms with Crippen molar-refractivity contribution in [2.45, 2.75) is 32.1 Å². The Bertz CT molecular complexity index is 521. The molecule has 1 heterocycles. The Morgan fingerprint density at radius 1 is 1.00 bits per heavy atom. The summed E-state index contributed by atoms with van der Waals surface area (Å²) < 4.78 is 5.82. The fraction of sp³-hybridized carbons (Fsp3) is 0.500. The number of hydrogen-bond donors (Lipinski definition) is 3. The van der Waals surface area contributed by atoms with E-state index in [1.54, 1.807) is 0 Å². The maximum Gasteiger partial charge on any atom is 0.120 e. The molecule has 0 spiro atoms. The van der Waals surface area contributed by atoms with Crippen molar-refractivity contribution >= 4 is 10.9 Å². The van der Waals surface area contributed by atoms with Crippen molar-refractivity contribution in [3.8, 4) is 5.75 Å². The van der Waals surface area contributed by atoms with Gasteiger partial charge in [-0.2, -0.15) is 0 Å². The smallest absolute Gasteiger partial charge is 0.120 e. The minimum absolute atomic E-state index is 0.666. The molecule has 2 aromatic rings. The van der Waals surface area contributed by atoms with Gasteiger partial charge in [0.15, 0.2) is 0 Å². The fourth-order valence-corrected chi connectivity index (χ4v) is 2.40. The highest BCUT2D eigenvalue weighted by Gasteiger charge is 2.04. The third-order valence-corrected chi connectivity index (χ3v) is 3.52. The van der Waals surface area contributed by atoms with Crippen LogP contribution in [0.15, 0.2) is 24.4 Å². The number of benzene rings is 1. The predicted octanol–water partition coefficient (Wildman–Crippen LogP) is 2.57. The molecule has 0 aliphatic heterocycles. The number of fused-ring (bicyclic) bond motifs is 1. The SMILES string of the molecule is NCCCCCCOc1ccc2[nH]cc(CCN)c2c1. The zero-order valence-electron chi connectivity index (χ0n) is 12.0. The molecule has 4 heteroatoms. The maximum atomic E-state index is 5.82. The first-order valence-corrected chi connectivity index (χ1v) is 7.48. The third-order valence-electron chi connectivity index (χ3n) is 3.52. The highest BCUT2D eigenvalue weighted by Crippen LogP contribution is 2.24. The number of H-pyrrole nitrogens is 1. The van der Waals surface area contributed by atoms with E-state index in [4.69, 9.17) is 16.2 Å². The lowest BCUT2D eigenvalue weighted by molar-refractivity contribution is 0.305. The lowest BCUT2D eigenvalue weighted by Crippen LogP contribution is -2.02. The number of nitrogens with one attached hydrogen (secondary N) is 1. The van der Waals surface area contributed by atoms with Crippen LogP contribution >= 0.6 is 0 Å². The zero-order chi connectivity index (χ0) is 14.2. The Kier molecular flexibility index (Phi) is 5.89. The van der Waals surface area contributed by atoms with Crippen LogP contribution in [0.2, 0.25) is 0 Å². The van der Waals surface area contributed by atoms with E-state index in [1.165, 1.54) is 23.8 Å².